The van der Waals surface area contributed by atoms with Gasteiger partial charge in [-0.3, -0.25) is 9.59 Å². The minimum absolute atomic E-state index is 0.449. The summed E-state index contributed by atoms with van der Waals surface area (Å²) < 4.78 is 70.1. The van der Waals surface area contributed by atoms with Crippen molar-refractivity contribution in [2.75, 3.05) is 7.11 Å². The molecule has 0 saturated carbocycles. The number of fused-ring (bicyclic) bond motifs is 1. The van der Waals surface area contributed by atoms with Crippen LogP contribution in [-0.2, 0) is 43.7 Å². The van der Waals surface area contributed by atoms with Crippen LogP contribution in [0.3, 0.4) is 0 Å². The molecule has 0 unspecified atom stereocenters. The van der Waals surface area contributed by atoms with E-state index in [4.69, 9.17) is 23.7 Å². The Kier molecular flexibility index (Phi) is 7.25. The molecule has 3 rings (SSSR count). The van der Waals surface area contributed by atoms with Crippen molar-refractivity contribution in [3.63, 3.8) is 0 Å². The molecule has 0 bridgehead atoms. The highest BCUT2D eigenvalue weighted by Gasteiger charge is 2.67. The van der Waals surface area contributed by atoms with Gasteiger partial charge in [-0.05, 0) is 20.8 Å². The molecular weight excluding hydrogens is 473 g/mol. The lowest BCUT2D eigenvalue weighted by Gasteiger charge is -2.55. The van der Waals surface area contributed by atoms with Crippen LogP contribution in [0.5, 0.6) is 0 Å². The van der Waals surface area contributed by atoms with Gasteiger partial charge in [0.1, 0.15) is 23.9 Å². The van der Waals surface area contributed by atoms with E-state index in [1.165, 1.54) is 39.0 Å². The first kappa shape index (κ1) is 26.9. The van der Waals surface area contributed by atoms with Crippen molar-refractivity contribution in [2.24, 2.45) is 11.8 Å². The van der Waals surface area contributed by atoms with E-state index in [1.807, 2.05) is 0 Å². The first-order chi connectivity index (χ1) is 16.2. The number of benzene rings is 1. The van der Waals surface area contributed by atoms with Crippen LogP contribution in [0, 0.1) is 11.8 Å². The lowest BCUT2D eigenvalue weighted by molar-refractivity contribution is -0.310. The van der Waals surface area contributed by atoms with Gasteiger partial charge < -0.3 is 23.7 Å². The first-order valence-electron chi connectivity index (χ1n) is 11.1. The Morgan fingerprint density at radius 1 is 1.06 bits per heavy atom. The Morgan fingerprint density at radius 3 is 2.17 bits per heavy atom. The van der Waals surface area contributed by atoms with Crippen molar-refractivity contribution in [3.8, 4) is 0 Å². The summed E-state index contributed by atoms with van der Waals surface area (Å²) in [6, 6.07) is 6.44. The molecule has 8 nitrogen and oxygen atoms in total. The van der Waals surface area contributed by atoms with E-state index in [0.717, 1.165) is 19.2 Å². The molecule has 0 radical (unpaired) electrons. The van der Waals surface area contributed by atoms with Gasteiger partial charge in [0.05, 0.1) is 12.0 Å². The third-order valence-electron chi connectivity index (χ3n) is 6.81. The second kappa shape index (κ2) is 9.42. The van der Waals surface area contributed by atoms with E-state index in [9.17, 15) is 27.6 Å². The minimum atomic E-state index is -5.15. The fourth-order valence-electron chi connectivity index (χ4n) is 5.16. The number of alkyl halides is 3. The van der Waals surface area contributed by atoms with Crippen molar-refractivity contribution >= 4 is 17.9 Å². The predicted molar refractivity (Wildman–Crippen MR) is 114 cm³/mol. The minimum Gasteiger partial charge on any atom is -0.458 e. The average Bonchev–Trinajstić information content (AvgIpc) is 2.77. The van der Waals surface area contributed by atoms with Gasteiger partial charge in [-0.15, -0.1) is 0 Å². The number of ether oxygens (including phenoxy) is 5. The number of hydrogen-bond donors (Lipinski definition) is 0. The molecule has 35 heavy (non-hydrogen) atoms. The van der Waals surface area contributed by atoms with Crippen molar-refractivity contribution in [2.45, 2.75) is 76.4 Å². The molecule has 194 valence electrons. The highest BCUT2D eigenvalue weighted by Crippen LogP contribution is 2.47. The van der Waals surface area contributed by atoms with Crippen LogP contribution >= 0.6 is 0 Å². The molecule has 0 aromatic heterocycles. The third kappa shape index (κ3) is 4.40. The number of halogens is 3. The fraction of sp³-hybridized carbons (Fsp3) is 0.625. The second-order valence-corrected chi connectivity index (χ2v) is 9.16. The van der Waals surface area contributed by atoms with Gasteiger partial charge in [-0.1, -0.05) is 37.3 Å². The lowest BCUT2D eigenvalue weighted by Crippen LogP contribution is -2.71. The molecule has 0 aliphatic carbocycles. The number of carbonyl (C=O) groups is 3. The van der Waals surface area contributed by atoms with Crippen molar-refractivity contribution in [1.29, 1.82) is 0 Å². The van der Waals surface area contributed by atoms with Crippen molar-refractivity contribution < 1.29 is 51.2 Å². The lowest BCUT2D eigenvalue weighted by atomic mass is 9.72. The van der Waals surface area contributed by atoms with Crippen molar-refractivity contribution in [1.82, 2.24) is 0 Å². The van der Waals surface area contributed by atoms with E-state index in [-0.39, 0.29) is 0 Å². The number of carbonyl (C=O) groups excluding carboxylic acids is 3. The van der Waals surface area contributed by atoms with Gasteiger partial charge in [-0.2, -0.15) is 13.2 Å². The largest absolute Gasteiger partial charge is 0.458 e. The Bertz CT molecular complexity index is 967. The SMILES string of the molecule is CO[C@](C(=O)O[C@@H]1[C@@H](C)[C@@H]2OC(=O)[C@H](C)[C@H](OC(C)=O)[C@@]2(C)O[C@H]1C)(c1ccccc1)C(F)(F)F. The van der Waals surface area contributed by atoms with Crippen LogP contribution < -0.4 is 0 Å². The quantitative estimate of drug-likeness (QED) is 0.447. The Hall–Kier alpha value is -2.66. The van der Waals surface area contributed by atoms with Crippen LogP contribution in [0.1, 0.15) is 40.2 Å². The predicted octanol–water partition coefficient (Wildman–Crippen LogP) is 3.31. The normalized spacial score (nSPS) is 34.7. The van der Waals surface area contributed by atoms with Gasteiger partial charge in [0.2, 0.25) is 0 Å². The van der Waals surface area contributed by atoms with Gasteiger partial charge >= 0.3 is 24.1 Å². The monoisotopic (exact) mass is 502 g/mol. The van der Waals surface area contributed by atoms with E-state index >= 15 is 0 Å². The highest BCUT2D eigenvalue weighted by atomic mass is 19.4. The molecule has 0 spiro atoms. The van der Waals surface area contributed by atoms with Gasteiger partial charge in [0, 0.05) is 25.5 Å². The van der Waals surface area contributed by atoms with Gasteiger partial charge in [0.15, 0.2) is 0 Å². The maximum absolute atomic E-state index is 14.3. The molecule has 8 atom stereocenters. The van der Waals surface area contributed by atoms with Gasteiger partial charge in [-0.25, -0.2) is 4.79 Å². The molecule has 0 N–H and O–H groups in total. The van der Waals surface area contributed by atoms with Crippen molar-refractivity contribution in [3.05, 3.63) is 35.9 Å². The highest BCUT2D eigenvalue weighted by molar-refractivity contribution is 5.83. The Labute approximate surface area is 201 Å². The molecule has 2 aliphatic rings. The maximum atomic E-state index is 14.3. The smallest absolute Gasteiger partial charge is 0.432 e. The summed E-state index contributed by atoms with van der Waals surface area (Å²) in [5.41, 5.74) is -5.15. The molecule has 2 aliphatic heterocycles. The van der Waals surface area contributed by atoms with Gasteiger partial charge in [0.25, 0.3) is 5.60 Å². The summed E-state index contributed by atoms with van der Waals surface area (Å²) in [5.74, 6) is -4.63. The number of hydrogen-bond acceptors (Lipinski definition) is 8. The van der Waals surface area contributed by atoms with Crippen LogP contribution in [-0.4, -0.2) is 61.2 Å². The molecular formula is C24H29F3O8. The zero-order valence-electron chi connectivity index (χ0n) is 20.3. The molecule has 2 saturated heterocycles. The number of methoxy groups -OCH3 is 1. The summed E-state index contributed by atoms with van der Waals surface area (Å²) in [5, 5.41) is 0. The number of rotatable bonds is 5. The molecule has 2 fully saturated rings. The summed E-state index contributed by atoms with van der Waals surface area (Å²) in [6.45, 7) is 7.40. The fourth-order valence-corrected chi connectivity index (χ4v) is 5.16. The van der Waals surface area contributed by atoms with E-state index in [1.54, 1.807) is 13.8 Å². The Morgan fingerprint density at radius 2 is 1.66 bits per heavy atom. The Balaban J connectivity index is 1.96. The van der Waals surface area contributed by atoms with Crippen LogP contribution in [0.4, 0.5) is 13.2 Å². The first-order valence-corrected chi connectivity index (χ1v) is 11.1. The van der Waals surface area contributed by atoms with E-state index in [0.29, 0.717) is 0 Å². The molecule has 0 amide bonds. The summed E-state index contributed by atoms with van der Waals surface area (Å²) in [7, 11) is 0.775. The summed E-state index contributed by atoms with van der Waals surface area (Å²) in [4.78, 5) is 37.4. The van der Waals surface area contributed by atoms with E-state index in [2.05, 4.69) is 0 Å². The number of esters is 3. The van der Waals surface area contributed by atoms with Crippen LogP contribution in [0.25, 0.3) is 0 Å². The van der Waals surface area contributed by atoms with Crippen LogP contribution in [0.15, 0.2) is 30.3 Å². The molecule has 1 aromatic carbocycles. The average molecular weight is 502 g/mol. The van der Waals surface area contributed by atoms with E-state index < -0.39 is 77.1 Å². The molecule has 1 aromatic rings. The second-order valence-electron chi connectivity index (χ2n) is 9.16. The standard InChI is InChI=1S/C24H29F3O8/c1-12-17(33-21(30)23(31-6,24(25,26)27)16-10-8-7-9-11-16)14(3)35-22(5)18(12)34-20(29)13(2)19(22)32-15(4)28/h7-14,17-19H,1-6H3/t12-,13-,14+,17-,18+,19+,22+,23+/m1/s1. The zero-order valence-corrected chi connectivity index (χ0v) is 20.3. The zero-order chi connectivity index (χ0) is 26.3. The third-order valence-corrected chi connectivity index (χ3v) is 6.81. The van der Waals surface area contributed by atoms with Crippen LogP contribution in [0.2, 0.25) is 0 Å². The molecule has 2 heterocycles. The maximum Gasteiger partial charge on any atom is 0.432 e. The molecule has 11 heteroatoms. The summed E-state index contributed by atoms with van der Waals surface area (Å²) in [6.07, 6.45) is -9.39. The summed E-state index contributed by atoms with van der Waals surface area (Å²) >= 11 is 0. The topological polar surface area (TPSA) is 97.4 Å².